The SMILES string of the molecule is O=C1CCCn2c(Cl)nc3cccc1c32. The highest BCUT2D eigenvalue weighted by molar-refractivity contribution is 6.29. The Morgan fingerprint density at radius 3 is 3.13 bits per heavy atom. The van der Waals surface area contributed by atoms with E-state index in [0.717, 1.165) is 29.6 Å². The van der Waals surface area contributed by atoms with Crippen LogP contribution >= 0.6 is 11.6 Å². The van der Waals surface area contributed by atoms with Crippen molar-refractivity contribution in [3.05, 3.63) is 29.0 Å². The van der Waals surface area contributed by atoms with Crippen molar-refractivity contribution in [2.75, 3.05) is 0 Å². The zero-order valence-corrected chi connectivity index (χ0v) is 8.79. The van der Waals surface area contributed by atoms with E-state index in [4.69, 9.17) is 11.6 Å². The Balaban J connectivity index is 2.47. The Labute approximate surface area is 91.7 Å². The minimum Gasteiger partial charge on any atom is -0.314 e. The van der Waals surface area contributed by atoms with E-state index in [2.05, 4.69) is 4.98 Å². The van der Waals surface area contributed by atoms with Crippen molar-refractivity contribution in [1.29, 1.82) is 0 Å². The van der Waals surface area contributed by atoms with Gasteiger partial charge in [-0.1, -0.05) is 6.07 Å². The van der Waals surface area contributed by atoms with Gasteiger partial charge in [0.25, 0.3) is 0 Å². The third kappa shape index (κ3) is 1.20. The predicted molar refractivity (Wildman–Crippen MR) is 58.3 cm³/mol. The Hall–Kier alpha value is -1.35. The molecule has 15 heavy (non-hydrogen) atoms. The Bertz CT molecular complexity index is 559. The molecule has 0 bridgehead atoms. The fourth-order valence-corrected chi connectivity index (χ4v) is 2.38. The molecule has 3 rings (SSSR count). The van der Waals surface area contributed by atoms with Gasteiger partial charge in [0.2, 0.25) is 5.28 Å². The van der Waals surface area contributed by atoms with E-state index in [1.807, 2.05) is 22.8 Å². The van der Waals surface area contributed by atoms with Crippen LogP contribution in [0.5, 0.6) is 0 Å². The molecule has 0 fully saturated rings. The molecule has 2 aromatic rings. The molecule has 2 heterocycles. The minimum absolute atomic E-state index is 0.191. The van der Waals surface area contributed by atoms with Gasteiger partial charge in [-0.05, 0) is 30.2 Å². The number of Topliss-reactive ketones (excluding diaryl/α,β-unsaturated/α-hetero) is 1. The number of aromatic nitrogens is 2. The van der Waals surface area contributed by atoms with Crippen LogP contribution in [0.1, 0.15) is 23.2 Å². The molecule has 0 aliphatic carbocycles. The van der Waals surface area contributed by atoms with Crippen molar-refractivity contribution in [2.45, 2.75) is 19.4 Å². The topological polar surface area (TPSA) is 34.9 Å². The van der Waals surface area contributed by atoms with Crippen molar-refractivity contribution in [3.63, 3.8) is 0 Å². The number of hydrogen-bond donors (Lipinski definition) is 0. The molecule has 0 radical (unpaired) electrons. The number of imidazole rings is 1. The molecular formula is C11H9ClN2O. The van der Waals surface area contributed by atoms with E-state index in [1.54, 1.807) is 0 Å². The molecule has 0 atom stereocenters. The summed E-state index contributed by atoms with van der Waals surface area (Å²) in [6.45, 7) is 0.776. The fraction of sp³-hybridized carbons (Fsp3) is 0.273. The van der Waals surface area contributed by atoms with Gasteiger partial charge in [0.05, 0.1) is 11.0 Å². The van der Waals surface area contributed by atoms with Crippen LogP contribution in [0, 0.1) is 0 Å². The monoisotopic (exact) mass is 220 g/mol. The summed E-state index contributed by atoms with van der Waals surface area (Å²) in [4.78, 5) is 16.1. The normalized spacial score (nSPS) is 15.7. The average Bonchev–Trinajstić information content (AvgIpc) is 2.43. The number of halogens is 1. The largest absolute Gasteiger partial charge is 0.314 e. The van der Waals surface area contributed by atoms with Gasteiger partial charge in [0, 0.05) is 18.5 Å². The van der Waals surface area contributed by atoms with Gasteiger partial charge < -0.3 is 4.57 Å². The summed E-state index contributed by atoms with van der Waals surface area (Å²) in [5, 5.41) is 0.479. The molecule has 76 valence electrons. The van der Waals surface area contributed by atoms with Crippen LogP contribution in [0.15, 0.2) is 18.2 Å². The van der Waals surface area contributed by atoms with Crippen LogP contribution in [-0.2, 0) is 6.54 Å². The minimum atomic E-state index is 0.191. The molecule has 1 aromatic heterocycles. The number of rotatable bonds is 0. The maximum atomic E-state index is 11.8. The lowest BCUT2D eigenvalue weighted by Crippen LogP contribution is -1.97. The third-order valence-corrected chi connectivity index (χ3v) is 3.09. The number of ketones is 1. The first kappa shape index (κ1) is 8.92. The van der Waals surface area contributed by atoms with Crippen molar-refractivity contribution in [1.82, 2.24) is 9.55 Å². The summed E-state index contributed by atoms with van der Waals surface area (Å²) in [6, 6.07) is 5.60. The van der Waals surface area contributed by atoms with Gasteiger partial charge in [-0.3, -0.25) is 4.79 Å². The number of aryl methyl sites for hydroxylation is 1. The smallest absolute Gasteiger partial charge is 0.203 e. The first-order chi connectivity index (χ1) is 7.27. The molecule has 1 aromatic carbocycles. The molecule has 0 unspecified atom stereocenters. The highest BCUT2D eigenvalue weighted by Crippen LogP contribution is 2.27. The summed E-state index contributed by atoms with van der Waals surface area (Å²) in [7, 11) is 0. The zero-order valence-electron chi connectivity index (χ0n) is 8.03. The van der Waals surface area contributed by atoms with Gasteiger partial charge in [-0.25, -0.2) is 4.98 Å². The van der Waals surface area contributed by atoms with E-state index in [-0.39, 0.29) is 5.78 Å². The second-order valence-electron chi connectivity index (χ2n) is 3.73. The molecule has 0 saturated heterocycles. The van der Waals surface area contributed by atoms with E-state index in [0.29, 0.717) is 11.7 Å². The second-order valence-corrected chi connectivity index (χ2v) is 4.07. The number of para-hydroxylation sites is 1. The number of carbonyl (C=O) groups is 1. The summed E-state index contributed by atoms with van der Waals surface area (Å²) in [6.07, 6.45) is 1.43. The molecule has 3 nitrogen and oxygen atoms in total. The standard InChI is InChI=1S/C11H9ClN2O/c12-11-13-8-4-1-3-7-9(15)5-2-6-14(11)10(7)8/h1,3-4H,2,5-6H2. The maximum Gasteiger partial charge on any atom is 0.203 e. The average molecular weight is 221 g/mol. The van der Waals surface area contributed by atoms with Gasteiger partial charge in [-0.2, -0.15) is 0 Å². The van der Waals surface area contributed by atoms with E-state index in [1.165, 1.54) is 0 Å². The van der Waals surface area contributed by atoms with Crippen molar-refractivity contribution >= 4 is 28.4 Å². The quantitative estimate of drug-likeness (QED) is 0.684. The lowest BCUT2D eigenvalue weighted by molar-refractivity contribution is 0.0982. The fourth-order valence-electron chi connectivity index (χ4n) is 2.12. The molecule has 1 aliphatic heterocycles. The molecule has 0 amide bonds. The molecule has 0 saturated carbocycles. The summed E-state index contributed by atoms with van der Waals surface area (Å²) >= 11 is 6.03. The first-order valence-electron chi connectivity index (χ1n) is 4.95. The number of benzene rings is 1. The molecule has 1 aliphatic rings. The summed E-state index contributed by atoms with van der Waals surface area (Å²) in [5.74, 6) is 0.191. The van der Waals surface area contributed by atoms with Gasteiger partial charge in [0.15, 0.2) is 5.78 Å². The van der Waals surface area contributed by atoms with E-state index >= 15 is 0 Å². The van der Waals surface area contributed by atoms with E-state index in [9.17, 15) is 4.79 Å². The lowest BCUT2D eigenvalue weighted by Gasteiger charge is -2.01. The van der Waals surface area contributed by atoms with Gasteiger partial charge in [0.1, 0.15) is 0 Å². The van der Waals surface area contributed by atoms with Crippen LogP contribution in [0.25, 0.3) is 11.0 Å². The lowest BCUT2D eigenvalue weighted by atomic mass is 10.1. The predicted octanol–water partition coefficient (Wildman–Crippen LogP) is 2.67. The summed E-state index contributed by atoms with van der Waals surface area (Å²) < 4.78 is 1.93. The number of nitrogens with zero attached hydrogens (tertiary/aromatic N) is 2. The maximum absolute atomic E-state index is 11.8. The van der Waals surface area contributed by atoms with Crippen LogP contribution in [0.4, 0.5) is 0 Å². The Morgan fingerprint density at radius 1 is 1.40 bits per heavy atom. The number of hydrogen-bond acceptors (Lipinski definition) is 2. The van der Waals surface area contributed by atoms with Crippen LogP contribution in [0.2, 0.25) is 5.28 Å². The Kier molecular flexibility index (Phi) is 1.83. The van der Waals surface area contributed by atoms with Crippen LogP contribution in [0.3, 0.4) is 0 Å². The molecule has 0 N–H and O–H groups in total. The van der Waals surface area contributed by atoms with Gasteiger partial charge >= 0.3 is 0 Å². The van der Waals surface area contributed by atoms with Gasteiger partial charge in [-0.15, -0.1) is 0 Å². The second kappa shape index (κ2) is 3.07. The molecule has 0 spiro atoms. The van der Waals surface area contributed by atoms with Crippen LogP contribution in [-0.4, -0.2) is 15.3 Å². The zero-order chi connectivity index (χ0) is 10.4. The highest BCUT2D eigenvalue weighted by atomic mass is 35.5. The van der Waals surface area contributed by atoms with Crippen molar-refractivity contribution in [2.24, 2.45) is 0 Å². The number of carbonyl (C=O) groups excluding carboxylic acids is 1. The van der Waals surface area contributed by atoms with Crippen molar-refractivity contribution < 1.29 is 4.79 Å². The van der Waals surface area contributed by atoms with E-state index < -0.39 is 0 Å². The Morgan fingerprint density at radius 2 is 2.27 bits per heavy atom. The van der Waals surface area contributed by atoms with Crippen molar-refractivity contribution in [3.8, 4) is 0 Å². The summed E-state index contributed by atoms with van der Waals surface area (Å²) in [5.41, 5.74) is 2.46. The first-order valence-corrected chi connectivity index (χ1v) is 5.33. The van der Waals surface area contributed by atoms with Crippen LogP contribution < -0.4 is 0 Å². The highest BCUT2D eigenvalue weighted by Gasteiger charge is 2.19. The molecule has 4 heteroatoms. The third-order valence-electron chi connectivity index (χ3n) is 2.81. The molecular weight excluding hydrogens is 212 g/mol.